The summed E-state index contributed by atoms with van der Waals surface area (Å²) in [6.07, 6.45) is 2.96. The molecule has 0 unspecified atom stereocenters. The number of hydrogen-bond donors (Lipinski definition) is 0. The molecular weight excluding hydrogens is 203 g/mol. The van der Waals surface area contributed by atoms with Gasteiger partial charge in [-0.3, -0.25) is 4.68 Å². The lowest BCUT2D eigenvalue weighted by atomic mass is 9.78. The molecule has 1 aromatic heterocycles. The average molecular weight is 220 g/mol. The molecule has 3 heterocycles. The minimum absolute atomic E-state index is 0.256. The van der Waals surface area contributed by atoms with Crippen LogP contribution in [0.1, 0.15) is 33.4 Å². The highest BCUT2D eigenvalue weighted by molar-refractivity contribution is 6.62. The Labute approximate surface area is 96.1 Å². The molecule has 3 rings (SSSR count). The lowest BCUT2D eigenvalue weighted by molar-refractivity contribution is 0.00578. The van der Waals surface area contributed by atoms with Crippen LogP contribution in [0.4, 0.5) is 0 Å². The fourth-order valence-corrected chi connectivity index (χ4v) is 2.12. The maximum Gasteiger partial charge on any atom is 0.498 e. The number of aromatic nitrogens is 2. The summed E-state index contributed by atoms with van der Waals surface area (Å²) in [7, 11) is -0.256. The van der Waals surface area contributed by atoms with Gasteiger partial charge in [-0.25, -0.2) is 0 Å². The molecule has 0 aromatic carbocycles. The maximum atomic E-state index is 6.00. The summed E-state index contributed by atoms with van der Waals surface area (Å²) in [5.41, 5.74) is 1.83. The third-order valence-electron chi connectivity index (χ3n) is 4.05. The molecule has 0 radical (unpaired) electrons. The molecule has 1 fully saturated rings. The fourth-order valence-electron chi connectivity index (χ4n) is 2.12. The van der Waals surface area contributed by atoms with Gasteiger partial charge in [0.15, 0.2) is 0 Å². The van der Waals surface area contributed by atoms with E-state index in [9.17, 15) is 0 Å². The van der Waals surface area contributed by atoms with Gasteiger partial charge in [-0.15, -0.1) is 0 Å². The largest absolute Gasteiger partial charge is 0.498 e. The summed E-state index contributed by atoms with van der Waals surface area (Å²) in [4.78, 5) is 0. The fraction of sp³-hybridized carbons (Fsp3) is 0.727. The zero-order chi connectivity index (χ0) is 11.6. The molecule has 0 spiro atoms. The smallest absolute Gasteiger partial charge is 0.399 e. The number of rotatable bonds is 1. The molecule has 86 valence electrons. The normalized spacial score (nSPS) is 25.4. The third kappa shape index (κ3) is 1.21. The molecule has 0 bridgehead atoms. The summed E-state index contributed by atoms with van der Waals surface area (Å²) >= 11 is 0. The summed E-state index contributed by atoms with van der Waals surface area (Å²) in [5.74, 6) is 0. The Morgan fingerprint density at radius 2 is 1.88 bits per heavy atom. The zero-order valence-electron chi connectivity index (χ0n) is 10.3. The van der Waals surface area contributed by atoms with Gasteiger partial charge in [0.2, 0.25) is 0 Å². The van der Waals surface area contributed by atoms with E-state index >= 15 is 0 Å². The van der Waals surface area contributed by atoms with E-state index in [1.165, 1.54) is 5.69 Å². The second kappa shape index (κ2) is 2.90. The topological polar surface area (TPSA) is 36.3 Å². The predicted octanol–water partition coefficient (Wildman–Crippen LogP) is 0.738. The quantitative estimate of drug-likeness (QED) is 0.655. The maximum absolute atomic E-state index is 6.00. The van der Waals surface area contributed by atoms with E-state index in [0.717, 1.165) is 18.4 Å². The Morgan fingerprint density at radius 1 is 1.25 bits per heavy atom. The average Bonchev–Trinajstić information content (AvgIpc) is 2.49. The van der Waals surface area contributed by atoms with E-state index in [0.29, 0.717) is 0 Å². The van der Waals surface area contributed by atoms with Crippen molar-refractivity contribution < 1.29 is 9.31 Å². The molecule has 2 aliphatic rings. The van der Waals surface area contributed by atoms with Crippen molar-refractivity contribution in [2.45, 2.75) is 51.9 Å². The van der Waals surface area contributed by atoms with E-state index < -0.39 is 0 Å². The highest BCUT2D eigenvalue weighted by Gasteiger charge is 2.53. The van der Waals surface area contributed by atoms with Crippen molar-refractivity contribution in [2.24, 2.45) is 0 Å². The predicted molar refractivity (Wildman–Crippen MR) is 61.6 cm³/mol. The van der Waals surface area contributed by atoms with Crippen molar-refractivity contribution in [2.75, 3.05) is 0 Å². The summed E-state index contributed by atoms with van der Waals surface area (Å²) < 4.78 is 14.0. The molecule has 0 aliphatic carbocycles. The van der Waals surface area contributed by atoms with Crippen LogP contribution in [0.15, 0.2) is 6.20 Å². The van der Waals surface area contributed by atoms with Crippen molar-refractivity contribution in [3.8, 4) is 0 Å². The van der Waals surface area contributed by atoms with Gasteiger partial charge >= 0.3 is 7.12 Å². The number of aryl methyl sites for hydroxylation is 1. The van der Waals surface area contributed by atoms with E-state index in [2.05, 4.69) is 32.8 Å². The van der Waals surface area contributed by atoms with Crippen molar-refractivity contribution >= 4 is 12.6 Å². The van der Waals surface area contributed by atoms with Crippen LogP contribution in [0.2, 0.25) is 0 Å². The van der Waals surface area contributed by atoms with E-state index in [1.54, 1.807) is 0 Å². The van der Waals surface area contributed by atoms with Crippen LogP contribution in [0.25, 0.3) is 0 Å². The molecular formula is C11H17BN2O2. The first-order valence-electron chi connectivity index (χ1n) is 5.81. The molecule has 4 nitrogen and oxygen atoms in total. The van der Waals surface area contributed by atoms with E-state index in [1.807, 2.05) is 10.9 Å². The monoisotopic (exact) mass is 220 g/mol. The summed E-state index contributed by atoms with van der Waals surface area (Å²) in [6.45, 7) is 9.31. The Morgan fingerprint density at radius 3 is 2.31 bits per heavy atom. The Bertz CT molecular complexity index is 423. The van der Waals surface area contributed by atoms with E-state index in [-0.39, 0.29) is 18.3 Å². The van der Waals surface area contributed by atoms with Gasteiger partial charge in [-0.2, -0.15) is 5.10 Å². The van der Waals surface area contributed by atoms with Crippen LogP contribution >= 0.6 is 0 Å². The summed E-state index contributed by atoms with van der Waals surface area (Å²) in [5, 5.41) is 4.30. The van der Waals surface area contributed by atoms with Gasteiger partial charge in [0.25, 0.3) is 0 Å². The van der Waals surface area contributed by atoms with Gasteiger partial charge < -0.3 is 9.31 Å². The molecule has 1 aromatic rings. The Balaban J connectivity index is 1.92. The molecule has 0 amide bonds. The Hall–Kier alpha value is -0.805. The second-order valence-electron chi connectivity index (χ2n) is 5.61. The van der Waals surface area contributed by atoms with Crippen LogP contribution < -0.4 is 5.46 Å². The molecule has 5 heteroatoms. The third-order valence-corrected chi connectivity index (χ3v) is 4.05. The SMILES string of the molecule is CC1(C)OB(c2cnn3c2CC3)OC1(C)C. The molecule has 16 heavy (non-hydrogen) atoms. The number of hydrogen-bond acceptors (Lipinski definition) is 3. The first-order valence-corrected chi connectivity index (χ1v) is 5.81. The van der Waals surface area contributed by atoms with Gasteiger partial charge in [-0.1, -0.05) is 0 Å². The van der Waals surface area contributed by atoms with Crippen molar-refractivity contribution in [3.63, 3.8) is 0 Å². The number of nitrogens with zero attached hydrogens (tertiary/aromatic N) is 2. The van der Waals surface area contributed by atoms with Gasteiger partial charge in [0.05, 0.1) is 11.2 Å². The molecule has 0 N–H and O–H groups in total. The van der Waals surface area contributed by atoms with Gasteiger partial charge in [0, 0.05) is 30.3 Å². The van der Waals surface area contributed by atoms with Crippen LogP contribution in [0.5, 0.6) is 0 Å². The van der Waals surface area contributed by atoms with Crippen molar-refractivity contribution in [1.82, 2.24) is 9.78 Å². The Kier molecular flexibility index (Phi) is 1.88. The highest BCUT2D eigenvalue weighted by Crippen LogP contribution is 2.36. The van der Waals surface area contributed by atoms with Gasteiger partial charge in [0.1, 0.15) is 0 Å². The first kappa shape index (κ1) is 10.4. The van der Waals surface area contributed by atoms with Crippen LogP contribution in [0, 0.1) is 0 Å². The van der Waals surface area contributed by atoms with Crippen molar-refractivity contribution in [1.29, 1.82) is 0 Å². The lowest BCUT2D eigenvalue weighted by Crippen LogP contribution is -2.41. The van der Waals surface area contributed by atoms with Crippen LogP contribution in [0.3, 0.4) is 0 Å². The van der Waals surface area contributed by atoms with E-state index in [4.69, 9.17) is 9.31 Å². The minimum atomic E-state index is -0.268. The number of fused-ring (bicyclic) bond motifs is 1. The van der Waals surface area contributed by atoms with Gasteiger partial charge in [-0.05, 0) is 27.7 Å². The molecule has 0 saturated carbocycles. The molecule has 0 atom stereocenters. The van der Waals surface area contributed by atoms with Crippen molar-refractivity contribution in [3.05, 3.63) is 11.9 Å². The minimum Gasteiger partial charge on any atom is -0.399 e. The van der Waals surface area contributed by atoms with Crippen LogP contribution in [-0.2, 0) is 22.3 Å². The second-order valence-corrected chi connectivity index (χ2v) is 5.61. The molecule has 2 aliphatic heterocycles. The molecule has 1 saturated heterocycles. The van der Waals surface area contributed by atoms with Crippen LogP contribution in [-0.4, -0.2) is 28.1 Å². The highest BCUT2D eigenvalue weighted by atomic mass is 16.7. The standard InChI is InChI=1S/C11H17BN2O2/c1-10(2)11(3,4)16-12(15-10)8-7-13-14-6-5-9(8)14/h7H,5-6H2,1-4H3. The summed E-state index contributed by atoms with van der Waals surface area (Å²) in [6, 6.07) is 0. The first-order chi connectivity index (χ1) is 7.41. The lowest BCUT2D eigenvalue weighted by Gasteiger charge is -2.32. The zero-order valence-corrected chi connectivity index (χ0v) is 10.3.